The van der Waals surface area contributed by atoms with Gasteiger partial charge in [-0.15, -0.1) is 0 Å². The van der Waals surface area contributed by atoms with Crippen LogP contribution in [0.25, 0.3) is 27.8 Å². The number of rotatable bonds is 3. The number of para-hydroxylation sites is 1. The molecule has 1 N–H and O–H groups in total. The third-order valence-corrected chi connectivity index (χ3v) is 4.25. The summed E-state index contributed by atoms with van der Waals surface area (Å²) in [7, 11) is 0. The van der Waals surface area contributed by atoms with E-state index in [0.29, 0.717) is 0 Å². The molecule has 26 heavy (non-hydrogen) atoms. The van der Waals surface area contributed by atoms with Crippen LogP contribution in [0.15, 0.2) is 67.0 Å². The molecule has 0 radical (unpaired) electrons. The molecule has 0 aliphatic heterocycles. The van der Waals surface area contributed by atoms with E-state index in [2.05, 4.69) is 29.5 Å². The topological polar surface area (TPSA) is 59.8 Å². The highest BCUT2D eigenvalue weighted by Crippen LogP contribution is 2.25. The minimum Gasteiger partial charge on any atom is -0.326 e. The Morgan fingerprint density at radius 2 is 1.85 bits per heavy atom. The van der Waals surface area contributed by atoms with E-state index in [0.717, 1.165) is 33.5 Å². The molecule has 0 atom stereocenters. The SMILES string of the molecule is CC(=O)Nc1ccc(-n2cc(-c3cc(C)c4ccccc4n3)cn2)cc1. The number of carbonyl (C=O) groups excluding carboxylic acids is 1. The lowest BCUT2D eigenvalue weighted by molar-refractivity contribution is -0.114. The van der Waals surface area contributed by atoms with Crippen molar-refractivity contribution in [1.82, 2.24) is 14.8 Å². The molecule has 1 amide bonds. The average Bonchev–Trinajstić information content (AvgIpc) is 3.12. The Kier molecular flexibility index (Phi) is 3.97. The fourth-order valence-electron chi connectivity index (χ4n) is 2.99. The molecule has 0 spiro atoms. The van der Waals surface area contributed by atoms with Crippen molar-refractivity contribution < 1.29 is 4.79 Å². The van der Waals surface area contributed by atoms with Crippen molar-refractivity contribution >= 4 is 22.5 Å². The summed E-state index contributed by atoms with van der Waals surface area (Å²) in [6.07, 6.45) is 3.78. The molecule has 0 saturated carbocycles. The van der Waals surface area contributed by atoms with Gasteiger partial charge in [0.25, 0.3) is 0 Å². The van der Waals surface area contributed by atoms with Crippen LogP contribution in [-0.2, 0) is 4.79 Å². The van der Waals surface area contributed by atoms with E-state index in [9.17, 15) is 4.79 Å². The molecule has 0 bridgehead atoms. The summed E-state index contributed by atoms with van der Waals surface area (Å²) < 4.78 is 1.80. The monoisotopic (exact) mass is 342 g/mol. The fourth-order valence-corrected chi connectivity index (χ4v) is 2.99. The largest absolute Gasteiger partial charge is 0.326 e. The van der Waals surface area contributed by atoms with Gasteiger partial charge < -0.3 is 5.32 Å². The summed E-state index contributed by atoms with van der Waals surface area (Å²) in [5.74, 6) is -0.0862. The molecule has 5 nitrogen and oxygen atoms in total. The third-order valence-electron chi connectivity index (χ3n) is 4.25. The van der Waals surface area contributed by atoms with Crippen LogP contribution in [0.5, 0.6) is 0 Å². The molecule has 0 aliphatic rings. The zero-order valence-corrected chi connectivity index (χ0v) is 14.6. The minimum atomic E-state index is -0.0862. The maximum absolute atomic E-state index is 11.1. The van der Waals surface area contributed by atoms with E-state index < -0.39 is 0 Å². The zero-order chi connectivity index (χ0) is 18.1. The molecule has 2 aromatic carbocycles. The van der Waals surface area contributed by atoms with Gasteiger partial charge in [-0.3, -0.25) is 4.79 Å². The van der Waals surface area contributed by atoms with Crippen LogP contribution in [0.4, 0.5) is 5.69 Å². The predicted octanol–water partition coefficient (Wildman–Crippen LogP) is 4.35. The highest BCUT2D eigenvalue weighted by Gasteiger charge is 2.08. The van der Waals surface area contributed by atoms with Gasteiger partial charge in [-0.25, -0.2) is 9.67 Å². The normalized spacial score (nSPS) is 10.8. The molecule has 128 valence electrons. The lowest BCUT2D eigenvalue weighted by Gasteiger charge is -2.05. The van der Waals surface area contributed by atoms with Crippen LogP contribution in [0.1, 0.15) is 12.5 Å². The quantitative estimate of drug-likeness (QED) is 0.602. The number of nitrogens with zero attached hydrogens (tertiary/aromatic N) is 3. The molecule has 0 aliphatic carbocycles. The first-order valence-corrected chi connectivity index (χ1v) is 8.39. The second-order valence-corrected chi connectivity index (χ2v) is 6.24. The van der Waals surface area contributed by atoms with E-state index in [1.165, 1.54) is 12.5 Å². The van der Waals surface area contributed by atoms with Gasteiger partial charge in [0, 0.05) is 29.8 Å². The van der Waals surface area contributed by atoms with E-state index >= 15 is 0 Å². The molecule has 5 heteroatoms. The van der Waals surface area contributed by atoms with Crippen molar-refractivity contribution in [3.8, 4) is 16.9 Å². The lowest BCUT2D eigenvalue weighted by atomic mass is 10.1. The minimum absolute atomic E-state index is 0.0862. The van der Waals surface area contributed by atoms with Crippen LogP contribution in [0.3, 0.4) is 0 Å². The van der Waals surface area contributed by atoms with E-state index in [4.69, 9.17) is 4.98 Å². The Morgan fingerprint density at radius 1 is 1.08 bits per heavy atom. The zero-order valence-electron chi connectivity index (χ0n) is 14.6. The van der Waals surface area contributed by atoms with Gasteiger partial charge in [-0.1, -0.05) is 18.2 Å². The summed E-state index contributed by atoms with van der Waals surface area (Å²) >= 11 is 0. The van der Waals surface area contributed by atoms with Crippen molar-refractivity contribution in [2.24, 2.45) is 0 Å². The van der Waals surface area contributed by atoms with Gasteiger partial charge in [0.15, 0.2) is 0 Å². The highest BCUT2D eigenvalue weighted by atomic mass is 16.1. The number of aromatic nitrogens is 3. The number of hydrogen-bond acceptors (Lipinski definition) is 3. The number of anilines is 1. The maximum Gasteiger partial charge on any atom is 0.221 e. The summed E-state index contributed by atoms with van der Waals surface area (Å²) in [4.78, 5) is 15.9. The fraction of sp³-hybridized carbons (Fsp3) is 0.0952. The summed E-state index contributed by atoms with van der Waals surface area (Å²) in [5, 5.41) is 8.38. The Bertz CT molecular complexity index is 1100. The van der Waals surface area contributed by atoms with Crippen molar-refractivity contribution in [3.05, 3.63) is 72.6 Å². The standard InChI is InChI=1S/C21H18N4O/c1-14-11-21(24-20-6-4-3-5-19(14)20)16-12-22-25(13-16)18-9-7-17(8-10-18)23-15(2)26/h3-13H,1-2H3,(H,23,26). The van der Waals surface area contributed by atoms with Crippen molar-refractivity contribution in [3.63, 3.8) is 0 Å². The number of aryl methyl sites for hydroxylation is 1. The Hall–Kier alpha value is -3.47. The van der Waals surface area contributed by atoms with Gasteiger partial charge in [0.1, 0.15) is 0 Å². The number of pyridine rings is 1. The van der Waals surface area contributed by atoms with Crippen LogP contribution < -0.4 is 5.32 Å². The Balaban J connectivity index is 1.67. The molecule has 4 rings (SSSR count). The second-order valence-electron chi connectivity index (χ2n) is 6.24. The number of hydrogen-bond donors (Lipinski definition) is 1. The summed E-state index contributed by atoms with van der Waals surface area (Å²) in [6, 6.07) is 17.8. The van der Waals surface area contributed by atoms with Crippen LogP contribution in [-0.4, -0.2) is 20.7 Å². The first-order chi connectivity index (χ1) is 12.6. The maximum atomic E-state index is 11.1. The third kappa shape index (κ3) is 3.07. The van der Waals surface area contributed by atoms with Gasteiger partial charge in [-0.2, -0.15) is 5.10 Å². The molecular formula is C21H18N4O. The van der Waals surface area contributed by atoms with Gasteiger partial charge in [0.2, 0.25) is 5.91 Å². The Morgan fingerprint density at radius 3 is 2.62 bits per heavy atom. The first kappa shape index (κ1) is 16.0. The van der Waals surface area contributed by atoms with Crippen LogP contribution in [0, 0.1) is 6.92 Å². The number of benzene rings is 2. The Labute approximate surface area is 151 Å². The first-order valence-electron chi connectivity index (χ1n) is 8.39. The van der Waals surface area contributed by atoms with E-state index in [1.807, 2.05) is 54.9 Å². The molecule has 0 unspecified atom stereocenters. The van der Waals surface area contributed by atoms with E-state index in [-0.39, 0.29) is 5.91 Å². The van der Waals surface area contributed by atoms with Gasteiger partial charge in [-0.05, 0) is 48.9 Å². The smallest absolute Gasteiger partial charge is 0.221 e. The highest BCUT2D eigenvalue weighted by molar-refractivity contribution is 5.88. The number of carbonyl (C=O) groups is 1. The molecule has 0 saturated heterocycles. The number of amides is 1. The molecule has 0 fully saturated rings. The summed E-state index contributed by atoms with van der Waals surface area (Å²) in [5.41, 5.74) is 5.73. The second kappa shape index (κ2) is 6.44. The molecule has 2 aromatic heterocycles. The van der Waals surface area contributed by atoms with Crippen LogP contribution in [0.2, 0.25) is 0 Å². The molecular weight excluding hydrogens is 324 g/mol. The number of nitrogens with one attached hydrogen (secondary N) is 1. The van der Waals surface area contributed by atoms with Crippen molar-refractivity contribution in [1.29, 1.82) is 0 Å². The predicted molar refractivity (Wildman–Crippen MR) is 103 cm³/mol. The average molecular weight is 342 g/mol. The lowest BCUT2D eigenvalue weighted by Crippen LogP contribution is -2.05. The molecule has 2 heterocycles. The van der Waals surface area contributed by atoms with Gasteiger partial charge >= 0.3 is 0 Å². The number of fused-ring (bicyclic) bond motifs is 1. The van der Waals surface area contributed by atoms with Gasteiger partial charge in [0.05, 0.1) is 23.1 Å². The van der Waals surface area contributed by atoms with Crippen LogP contribution >= 0.6 is 0 Å². The van der Waals surface area contributed by atoms with E-state index in [1.54, 1.807) is 4.68 Å². The summed E-state index contributed by atoms with van der Waals surface area (Å²) in [6.45, 7) is 3.59. The van der Waals surface area contributed by atoms with Crippen molar-refractivity contribution in [2.45, 2.75) is 13.8 Å². The van der Waals surface area contributed by atoms with Crippen molar-refractivity contribution in [2.75, 3.05) is 5.32 Å². The molecule has 4 aromatic rings.